The molecular weight excluding hydrogens is 384 g/mol. The molecule has 0 N–H and O–H groups in total. The Morgan fingerprint density at radius 3 is 1.66 bits per heavy atom. The van der Waals surface area contributed by atoms with Crippen LogP contribution in [0.5, 0.6) is 0 Å². The highest BCUT2D eigenvalue weighted by Crippen LogP contribution is 2.32. The van der Waals surface area contributed by atoms with Gasteiger partial charge in [0, 0.05) is 0 Å². The van der Waals surface area contributed by atoms with E-state index in [1.165, 1.54) is 69.8 Å². The van der Waals surface area contributed by atoms with Crippen molar-refractivity contribution in [1.82, 2.24) is 0 Å². The first-order valence-corrected chi connectivity index (χ1v) is 14.0. The average Bonchev–Trinajstić information content (AvgIpc) is 2.71. The predicted octanol–water partition coefficient (Wildman–Crippen LogP) is 11.8. The second kappa shape index (κ2) is 26.5. The molecule has 1 aliphatic carbocycles. The zero-order chi connectivity index (χ0) is 25.4. The number of rotatable bonds is 10. The van der Waals surface area contributed by atoms with Crippen LogP contribution in [0.3, 0.4) is 0 Å². The summed E-state index contributed by atoms with van der Waals surface area (Å²) in [5, 5.41) is 0. The topological polar surface area (TPSA) is 0 Å². The van der Waals surface area contributed by atoms with Crippen LogP contribution in [0.2, 0.25) is 0 Å². The van der Waals surface area contributed by atoms with Crippen molar-refractivity contribution in [2.75, 3.05) is 0 Å². The first kappa shape index (κ1) is 35.8. The van der Waals surface area contributed by atoms with E-state index in [0.717, 1.165) is 36.0 Å². The van der Waals surface area contributed by atoms with Crippen LogP contribution in [0, 0.1) is 29.6 Å². The zero-order valence-corrected chi connectivity index (χ0v) is 24.3. The van der Waals surface area contributed by atoms with Crippen LogP contribution in [-0.4, -0.2) is 0 Å². The minimum Gasteiger partial charge on any atom is -0.0991 e. The van der Waals surface area contributed by atoms with Gasteiger partial charge < -0.3 is 0 Å². The maximum atomic E-state index is 3.63. The van der Waals surface area contributed by atoms with Gasteiger partial charge >= 0.3 is 0 Å². The van der Waals surface area contributed by atoms with E-state index in [1.54, 1.807) is 6.08 Å². The smallest absolute Gasteiger partial charge is 0.0308 e. The molecule has 32 heavy (non-hydrogen) atoms. The first-order chi connectivity index (χ1) is 15.0. The molecule has 0 radical (unpaired) electrons. The van der Waals surface area contributed by atoms with Crippen molar-refractivity contribution < 1.29 is 0 Å². The molecule has 0 spiro atoms. The first-order valence-electron chi connectivity index (χ1n) is 14.0. The highest BCUT2D eigenvalue weighted by Gasteiger charge is 2.19. The standard InChI is InChI=1S/C11H22.C9H20.C8H12.C4H10/c1-3-4-8-11-9-6-5-7-10(11)2;1-8(2)6-5-7-9(3)4;1-4-7-8(5-2)6-3;1-4(2)3/h10-11H,3-9H2,1-2H3;8-9H,5-7H2,1-4H3;4-5,7H,1-2,6H2,3H3;4H,1-3H3/b;;8-7+;. The molecule has 0 saturated heterocycles. The van der Waals surface area contributed by atoms with Gasteiger partial charge in [0.2, 0.25) is 0 Å². The quantitative estimate of drug-likeness (QED) is 0.291. The largest absolute Gasteiger partial charge is 0.0991 e. The molecule has 1 rings (SSSR count). The molecule has 0 nitrogen and oxygen atoms in total. The summed E-state index contributed by atoms with van der Waals surface area (Å²) in [5.74, 6) is 4.71. The summed E-state index contributed by atoms with van der Waals surface area (Å²) in [4.78, 5) is 0. The van der Waals surface area contributed by atoms with Crippen LogP contribution in [0.15, 0.2) is 37.0 Å². The van der Waals surface area contributed by atoms with Gasteiger partial charge in [-0.25, -0.2) is 0 Å². The van der Waals surface area contributed by atoms with Gasteiger partial charge in [0.1, 0.15) is 0 Å². The minimum absolute atomic E-state index is 0.833. The Morgan fingerprint density at radius 2 is 1.34 bits per heavy atom. The van der Waals surface area contributed by atoms with Gasteiger partial charge in [-0.1, -0.05) is 165 Å². The molecule has 0 aliphatic heterocycles. The molecule has 1 aliphatic rings. The predicted molar refractivity (Wildman–Crippen MR) is 153 cm³/mol. The Labute approximate surface area is 206 Å². The number of allylic oxidation sites excluding steroid dienone is 4. The Kier molecular flexibility index (Phi) is 29.6. The molecular formula is C32H64. The van der Waals surface area contributed by atoms with Crippen molar-refractivity contribution in [1.29, 1.82) is 0 Å². The summed E-state index contributed by atoms with van der Waals surface area (Å²) < 4.78 is 0. The van der Waals surface area contributed by atoms with Gasteiger partial charge in [-0.05, 0) is 41.6 Å². The van der Waals surface area contributed by atoms with Crippen LogP contribution in [0.1, 0.15) is 140 Å². The summed E-state index contributed by atoms with van der Waals surface area (Å²) in [6.45, 7) is 29.7. The highest BCUT2D eigenvalue weighted by molar-refractivity contribution is 5.20. The average molecular weight is 449 g/mol. The lowest BCUT2D eigenvalue weighted by Crippen LogP contribution is -2.16. The van der Waals surface area contributed by atoms with Crippen LogP contribution in [0.25, 0.3) is 0 Å². The third-order valence-corrected chi connectivity index (χ3v) is 5.78. The Bertz CT molecular complexity index is 399. The van der Waals surface area contributed by atoms with Gasteiger partial charge in [0.15, 0.2) is 0 Å². The van der Waals surface area contributed by atoms with Gasteiger partial charge in [0.05, 0.1) is 0 Å². The monoisotopic (exact) mass is 449 g/mol. The lowest BCUT2D eigenvalue weighted by molar-refractivity contribution is 0.237. The second-order valence-corrected chi connectivity index (χ2v) is 11.1. The number of hydrogen-bond donors (Lipinski definition) is 0. The molecule has 0 bridgehead atoms. The van der Waals surface area contributed by atoms with E-state index in [1.807, 2.05) is 12.2 Å². The van der Waals surface area contributed by atoms with E-state index in [2.05, 4.69) is 82.4 Å². The number of hydrogen-bond acceptors (Lipinski definition) is 0. The fourth-order valence-corrected chi connectivity index (χ4v) is 3.70. The molecule has 1 fully saturated rings. The molecule has 0 aromatic carbocycles. The fourth-order valence-electron chi connectivity index (χ4n) is 3.70. The van der Waals surface area contributed by atoms with Crippen molar-refractivity contribution in [2.45, 2.75) is 140 Å². The zero-order valence-electron chi connectivity index (χ0n) is 24.3. The Morgan fingerprint density at radius 1 is 0.844 bits per heavy atom. The van der Waals surface area contributed by atoms with Crippen molar-refractivity contribution >= 4 is 0 Å². The van der Waals surface area contributed by atoms with Crippen molar-refractivity contribution in [3.8, 4) is 0 Å². The second-order valence-electron chi connectivity index (χ2n) is 11.1. The third kappa shape index (κ3) is 31.4. The lowest BCUT2D eigenvalue weighted by Gasteiger charge is -2.28. The van der Waals surface area contributed by atoms with E-state index in [9.17, 15) is 0 Å². The van der Waals surface area contributed by atoms with E-state index >= 15 is 0 Å². The molecule has 2 atom stereocenters. The van der Waals surface area contributed by atoms with Gasteiger partial charge in [-0.2, -0.15) is 0 Å². The molecule has 0 aromatic heterocycles. The Hall–Kier alpha value is -0.780. The van der Waals surface area contributed by atoms with Crippen molar-refractivity contribution in [2.24, 2.45) is 29.6 Å². The maximum Gasteiger partial charge on any atom is -0.0308 e. The molecule has 0 aromatic rings. The normalized spacial score (nSPS) is 18.1. The molecule has 1 saturated carbocycles. The van der Waals surface area contributed by atoms with E-state index in [0.29, 0.717) is 0 Å². The molecule has 0 heteroatoms. The molecule has 2 unspecified atom stereocenters. The minimum atomic E-state index is 0.833. The van der Waals surface area contributed by atoms with Crippen molar-refractivity contribution in [3.05, 3.63) is 37.0 Å². The van der Waals surface area contributed by atoms with Crippen LogP contribution in [-0.2, 0) is 0 Å². The summed E-state index contributed by atoms with van der Waals surface area (Å²) in [7, 11) is 0. The summed E-state index contributed by atoms with van der Waals surface area (Å²) in [6.07, 6.45) is 21.2. The highest BCUT2D eigenvalue weighted by atomic mass is 14.3. The molecule has 0 amide bonds. The SMILES string of the molecule is C=C/C=C(\C=C)CC.CC(C)C.CC(C)CCCC(C)C.CCCCC1CCCCC1C. The number of unbranched alkanes of at least 4 members (excludes halogenated alkanes) is 1. The fraction of sp³-hybridized carbons (Fsp3) is 0.812. The summed E-state index contributed by atoms with van der Waals surface area (Å²) >= 11 is 0. The van der Waals surface area contributed by atoms with Gasteiger partial charge in [0.25, 0.3) is 0 Å². The molecule has 0 heterocycles. The van der Waals surface area contributed by atoms with E-state index in [-0.39, 0.29) is 0 Å². The van der Waals surface area contributed by atoms with E-state index in [4.69, 9.17) is 0 Å². The van der Waals surface area contributed by atoms with Gasteiger partial charge in [-0.15, -0.1) is 0 Å². The summed E-state index contributed by atoms with van der Waals surface area (Å²) in [5.41, 5.74) is 1.24. The van der Waals surface area contributed by atoms with E-state index < -0.39 is 0 Å². The Balaban J connectivity index is -0.000000368. The third-order valence-electron chi connectivity index (χ3n) is 5.78. The van der Waals surface area contributed by atoms with Crippen LogP contribution in [0.4, 0.5) is 0 Å². The lowest BCUT2D eigenvalue weighted by atomic mass is 9.78. The molecule has 192 valence electrons. The van der Waals surface area contributed by atoms with Crippen LogP contribution >= 0.6 is 0 Å². The maximum absolute atomic E-state index is 3.63. The van der Waals surface area contributed by atoms with Crippen LogP contribution < -0.4 is 0 Å². The summed E-state index contributed by atoms with van der Waals surface area (Å²) in [6, 6.07) is 0. The van der Waals surface area contributed by atoms with Crippen molar-refractivity contribution in [3.63, 3.8) is 0 Å². The van der Waals surface area contributed by atoms with Gasteiger partial charge in [-0.3, -0.25) is 0 Å².